The summed E-state index contributed by atoms with van der Waals surface area (Å²) in [5, 5.41) is 9.87. The van der Waals surface area contributed by atoms with E-state index >= 15 is 0 Å². The first-order valence-electron chi connectivity index (χ1n) is 10.9. The zero-order valence-corrected chi connectivity index (χ0v) is 21.5. The topological polar surface area (TPSA) is 82.9 Å². The molecule has 0 heterocycles. The molecule has 2 rings (SSSR count). The Kier molecular flexibility index (Phi) is 13.0. The highest BCUT2D eigenvalue weighted by Crippen LogP contribution is 2.20. The predicted octanol–water partition coefficient (Wildman–Crippen LogP) is 7.02. The summed E-state index contributed by atoms with van der Waals surface area (Å²) in [4.78, 5) is 23.7. The second-order valence-electron chi connectivity index (χ2n) is 7.54. The van der Waals surface area contributed by atoms with E-state index in [0.717, 1.165) is 38.5 Å². The molecular formula is C24H26Cl4N4O2. The van der Waals surface area contributed by atoms with Gasteiger partial charge in [0.2, 0.25) is 11.8 Å². The van der Waals surface area contributed by atoms with Crippen LogP contribution in [0.2, 0.25) is 20.1 Å². The minimum atomic E-state index is -0.140. The van der Waals surface area contributed by atoms with Crippen molar-refractivity contribution in [2.45, 2.75) is 51.4 Å². The van der Waals surface area contributed by atoms with Gasteiger partial charge in [0.05, 0.1) is 22.5 Å². The van der Waals surface area contributed by atoms with Gasteiger partial charge in [0, 0.05) is 34.0 Å². The maximum absolute atomic E-state index is 11.8. The number of hydrazone groups is 2. The fourth-order valence-electron chi connectivity index (χ4n) is 2.95. The number of nitrogens with zero attached hydrogens (tertiary/aromatic N) is 2. The highest BCUT2D eigenvalue weighted by molar-refractivity contribution is 6.36. The molecule has 2 amide bonds. The van der Waals surface area contributed by atoms with Crippen LogP contribution in [0.1, 0.15) is 62.5 Å². The van der Waals surface area contributed by atoms with Crippen molar-refractivity contribution < 1.29 is 9.59 Å². The SMILES string of the molecule is O=C(CCCCCCCCC(=O)NN=Cc1ccc(Cl)cc1Cl)NN=Cc1ccc(Cl)cc1Cl. The van der Waals surface area contributed by atoms with Gasteiger partial charge in [-0.3, -0.25) is 9.59 Å². The lowest BCUT2D eigenvalue weighted by atomic mass is 10.1. The van der Waals surface area contributed by atoms with Crippen LogP contribution < -0.4 is 10.9 Å². The van der Waals surface area contributed by atoms with Gasteiger partial charge in [-0.25, -0.2) is 10.9 Å². The van der Waals surface area contributed by atoms with Crippen molar-refractivity contribution in [3.63, 3.8) is 0 Å². The Bertz CT molecular complexity index is 947. The van der Waals surface area contributed by atoms with E-state index in [4.69, 9.17) is 46.4 Å². The Labute approximate surface area is 219 Å². The molecule has 0 aliphatic carbocycles. The largest absolute Gasteiger partial charge is 0.273 e. The number of benzene rings is 2. The van der Waals surface area contributed by atoms with Crippen LogP contribution in [0.4, 0.5) is 0 Å². The van der Waals surface area contributed by atoms with E-state index in [0.29, 0.717) is 44.1 Å². The molecule has 2 aromatic rings. The van der Waals surface area contributed by atoms with Crippen LogP contribution in [0.15, 0.2) is 46.6 Å². The van der Waals surface area contributed by atoms with Crippen LogP contribution in [0.3, 0.4) is 0 Å². The first-order valence-corrected chi connectivity index (χ1v) is 12.4. The van der Waals surface area contributed by atoms with Crippen LogP contribution in [-0.4, -0.2) is 24.2 Å². The Hall–Kier alpha value is -2.12. The summed E-state index contributed by atoms with van der Waals surface area (Å²) in [6.45, 7) is 0. The van der Waals surface area contributed by atoms with Gasteiger partial charge in [-0.2, -0.15) is 10.2 Å². The first-order chi connectivity index (χ1) is 16.3. The molecule has 6 nitrogen and oxygen atoms in total. The monoisotopic (exact) mass is 542 g/mol. The summed E-state index contributed by atoms with van der Waals surface area (Å²) < 4.78 is 0. The van der Waals surface area contributed by atoms with Gasteiger partial charge in [-0.1, -0.05) is 84.2 Å². The van der Waals surface area contributed by atoms with Gasteiger partial charge in [-0.05, 0) is 37.1 Å². The van der Waals surface area contributed by atoms with E-state index in [1.165, 1.54) is 12.4 Å². The van der Waals surface area contributed by atoms with Gasteiger partial charge in [-0.15, -0.1) is 0 Å². The molecule has 0 aromatic heterocycles. The number of carbonyl (C=O) groups excluding carboxylic acids is 2. The van der Waals surface area contributed by atoms with Crippen molar-refractivity contribution in [3.05, 3.63) is 67.6 Å². The number of rotatable bonds is 13. The van der Waals surface area contributed by atoms with Crippen LogP contribution in [0, 0.1) is 0 Å². The van der Waals surface area contributed by atoms with Crippen LogP contribution >= 0.6 is 46.4 Å². The highest BCUT2D eigenvalue weighted by Gasteiger charge is 2.03. The number of amides is 2. The molecule has 0 bridgehead atoms. The van der Waals surface area contributed by atoms with Crippen LogP contribution in [-0.2, 0) is 9.59 Å². The lowest BCUT2D eigenvalue weighted by molar-refractivity contribution is -0.122. The van der Waals surface area contributed by atoms with Gasteiger partial charge in [0.15, 0.2) is 0 Å². The molecule has 0 atom stereocenters. The third-order valence-electron chi connectivity index (χ3n) is 4.77. The third-order valence-corrected chi connectivity index (χ3v) is 5.89. The van der Waals surface area contributed by atoms with E-state index in [2.05, 4.69) is 21.1 Å². The third kappa shape index (κ3) is 11.3. The van der Waals surface area contributed by atoms with E-state index in [1.54, 1.807) is 36.4 Å². The van der Waals surface area contributed by atoms with Crippen molar-refractivity contribution in [1.29, 1.82) is 0 Å². The van der Waals surface area contributed by atoms with Gasteiger partial charge in [0.1, 0.15) is 0 Å². The lowest BCUT2D eigenvalue weighted by Gasteiger charge is -2.03. The number of hydrogen-bond donors (Lipinski definition) is 2. The molecule has 2 aromatic carbocycles. The van der Waals surface area contributed by atoms with Crippen molar-refractivity contribution >= 4 is 70.6 Å². The Morgan fingerprint density at radius 2 is 1.03 bits per heavy atom. The highest BCUT2D eigenvalue weighted by atomic mass is 35.5. The lowest BCUT2D eigenvalue weighted by Crippen LogP contribution is -2.17. The Morgan fingerprint density at radius 1 is 0.647 bits per heavy atom. The molecule has 0 aliphatic heterocycles. The summed E-state index contributed by atoms with van der Waals surface area (Å²) in [5.41, 5.74) is 6.36. The summed E-state index contributed by atoms with van der Waals surface area (Å²) in [7, 11) is 0. The molecule has 0 fully saturated rings. The number of unbranched alkanes of at least 4 members (excludes halogenated alkanes) is 5. The summed E-state index contributed by atoms with van der Waals surface area (Å²) in [6.07, 6.45) is 9.26. The predicted molar refractivity (Wildman–Crippen MR) is 141 cm³/mol. The van der Waals surface area contributed by atoms with Gasteiger partial charge < -0.3 is 0 Å². The first kappa shape index (κ1) is 28.1. The Balaban J connectivity index is 1.48. The molecule has 0 unspecified atom stereocenters. The second kappa shape index (κ2) is 15.7. The average molecular weight is 544 g/mol. The molecular weight excluding hydrogens is 518 g/mol. The second-order valence-corrected chi connectivity index (χ2v) is 9.23. The number of carbonyl (C=O) groups is 2. The molecule has 0 radical (unpaired) electrons. The van der Waals surface area contributed by atoms with Crippen LogP contribution in [0.5, 0.6) is 0 Å². The van der Waals surface area contributed by atoms with E-state index < -0.39 is 0 Å². The van der Waals surface area contributed by atoms with E-state index in [9.17, 15) is 9.59 Å². The fourth-order valence-corrected chi connectivity index (χ4v) is 3.86. The summed E-state index contributed by atoms with van der Waals surface area (Å²) in [6, 6.07) is 10.1. The molecule has 182 valence electrons. The molecule has 0 saturated heterocycles. The molecule has 34 heavy (non-hydrogen) atoms. The average Bonchev–Trinajstić information content (AvgIpc) is 2.78. The van der Waals surface area contributed by atoms with E-state index in [1.807, 2.05) is 0 Å². The molecule has 0 spiro atoms. The van der Waals surface area contributed by atoms with Crippen molar-refractivity contribution in [3.8, 4) is 0 Å². The normalized spacial score (nSPS) is 11.3. The zero-order chi connectivity index (χ0) is 24.8. The van der Waals surface area contributed by atoms with Gasteiger partial charge >= 0.3 is 0 Å². The minimum absolute atomic E-state index is 0.140. The fraction of sp³-hybridized carbons (Fsp3) is 0.333. The number of hydrogen-bond acceptors (Lipinski definition) is 4. The quantitative estimate of drug-likeness (QED) is 0.161. The van der Waals surface area contributed by atoms with E-state index in [-0.39, 0.29) is 11.8 Å². The van der Waals surface area contributed by atoms with Crippen molar-refractivity contribution in [2.75, 3.05) is 0 Å². The summed E-state index contributed by atoms with van der Waals surface area (Å²) in [5.74, 6) is -0.281. The maximum Gasteiger partial charge on any atom is 0.240 e. The summed E-state index contributed by atoms with van der Waals surface area (Å²) >= 11 is 23.8. The van der Waals surface area contributed by atoms with Crippen LogP contribution in [0.25, 0.3) is 0 Å². The number of halogens is 4. The standard InChI is InChI=1S/C24H26Cl4N4O2/c25-19-11-9-17(21(27)13-19)15-29-31-23(33)7-5-3-1-2-4-6-8-24(34)32-30-16-18-10-12-20(26)14-22(18)28/h9-16H,1-8H2,(H,31,33)(H,32,34). The molecule has 2 N–H and O–H groups in total. The number of nitrogens with one attached hydrogen (secondary N) is 2. The molecule has 0 saturated carbocycles. The molecule has 0 aliphatic rings. The zero-order valence-electron chi connectivity index (χ0n) is 18.5. The minimum Gasteiger partial charge on any atom is -0.273 e. The smallest absolute Gasteiger partial charge is 0.240 e. The molecule has 10 heteroatoms. The van der Waals surface area contributed by atoms with Crippen molar-refractivity contribution in [2.24, 2.45) is 10.2 Å². The van der Waals surface area contributed by atoms with Gasteiger partial charge in [0.25, 0.3) is 0 Å². The van der Waals surface area contributed by atoms with Crippen molar-refractivity contribution in [1.82, 2.24) is 10.9 Å². The maximum atomic E-state index is 11.8. The Morgan fingerprint density at radius 3 is 1.41 bits per heavy atom.